The number of likely N-dealkylation sites (tertiary alicyclic amines) is 1. The molecule has 7 nitrogen and oxygen atoms in total. The van der Waals surface area contributed by atoms with Crippen molar-refractivity contribution in [3.8, 4) is 0 Å². The van der Waals surface area contributed by atoms with Crippen molar-refractivity contribution in [2.75, 3.05) is 19.6 Å². The minimum absolute atomic E-state index is 0.0780. The summed E-state index contributed by atoms with van der Waals surface area (Å²) in [7, 11) is 0. The number of fused-ring (bicyclic) bond motifs is 1. The number of rotatable bonds is 5. The van der Waals surface area contributed by atoms with Crippen molar-refractivity contribution in [1.29, 1.82) is 0 Å². The van der Waals surface area contributed by atoms with Crippen molar-refractivity contribution in [3.63, 3.8) is 0 Å². The van der Waals surface area contributed by atoms with E-state index in [1.54, 1.807) is 17.3 Å². The Morgan fingerprint density at radius 3 is 2.76 bits per heavy atom. The maximum Gasteiger partial charge on any atom is 0.267 e. The SMILES string of the molecule is O=c1cc2c(nn1CC1CCN(CCn3cncn3)CC1)CCCC2. The molecule has 1 aliphatic carbocycles. The van der Waals surface area contributed by atoms with E-state index in [9.17, 15) is 4.79 Å². The largest absolute Gasteiger partial charge is 0.301 e. The Kier molecular flexibility index (Phi) is 4.92. The summed E-state index contributed by atoms with van der Waals surface area (Å²) in [6.07, 6.45) is 10.0. The number of aromatic nitrogens is 5. The first-order valence-corrected chi connectivity index (χ1v) is 9.42. The van der Waals surface area contributed by atoms with Crippen molar-refractivity contribution < 1.29 is 0 Å². The lowest BCUT2D eigenvalue weighted by Gasteiger charge is -2.32. The number of nitrogens with zero attached hydrogens (tertiary/aromatic N) is 6. The average molecular weight is 342 g/mol. The molecule has 7 heteroatoms. The maximum atomic E-state index is 12.3. The van der Waals surface area contributed by atoms with Crippen LogP contribution in [0.1, 0.15) is 36.9 Å². The quantitative estimate of drug-likeness (QED) is 0.815. The van der Waals surface area contributed by atoms with E-state index in [2.05, 4.69) is 20.1 Å². The van der Waals surface area contributed by atoms with Gasteiger partial charge in [0.1, 0.15) is 12.7 Å². The van der Waals surface area contributed by atoms with Crippen molar-refractivity contribution in [2.45, 2.75) is 51.6 Å². The molecule has 0 unspecified atom stereocenters. The second-order valence-electron chi connectivity index (χ2n) is 7.29. The lowest BCUT2D eigenvalue weighted by molar-refractivity contribution is 0.163. The molecule has 0 N–H and O–H groups in total. The van der Waals surface area contributed by atoms with Crippen LogP contribution in [0.25, 0.3) is 0 Å². The normalized spacial score (nSPS) is 19.0. The first-order valence-electron chi connectivity index (χ1n) is 9.42. The summed E-state index contributed by atoms with van der Waals surface area (Å²) in [5, 5.41) is 8.82. The molecule has 2 aromatic rings. The van der Waals surface area contributed by atoms with Crippen molar-refractivity contribution >= 4 is 0 Å². The van der Waals surface area contributed by atoms with Crippen molar-refractivity contribution in [1.82, 2.24) is 29.4 Å². The van der Waals surface area contributed by atoms with Crippen molar-refractivity contribution in [3.05, 3.63) is 40.3 Å². The van der Waals surface area contributed by atoms with Gasteiger partial charge >= 0.3 is 0 Å². The Balaban J connectivity index is 1.30. The summed E-state index contributed by atoms with van der Waals surface area (Å²) in [5.41, 5.74) is 2.40. The Labute approximate surface area is 147 Å². The summed E-state index contributed by atoms with van der Waals surface area (Å²) in [6.45, 7) is 4.82. The molecule has 2 aliphatic rings. The molecule has 1 fully saturated rings. The maximum absolute atomic E-state index is 12.3. The lowest BCUT2D eigenvalue weighted by atomic mass is 9.96. The van der Waals surface area contributed by atoms with Gasteiger partial charge in [-0.3, -0.25) is 9.48 Å². The monoisotopic (exact) mass is 342 g/mol. The highest BCUT2D eigenvalue weighted by Gasteiger charge is 2.21. The van der Waals surface area contributed by atoms with Crippen LogP contribution in [0.2, 0.25) is 0 Å². The molecule has 0 aromatic carbocycles. The first-order chi connectivity index (χ1) is 12.3. The molecule has 0 spiro atoms. The van der Waals surface area contributed by atoms with E-state index in [1.165, 1.54) is 18.4 Å². The number of aryl methyl sites for hydroxylation is 2. The summed E-state index contributed by atoms with van der Waals surface area (Å²) >= 11 is 0. The highest BCUT2D eigenvalue weighted by Crippen LogP contribution is 2.20. The predicted molar refractivity (Wildman–Crippen MR) is 94.3 cm³/mol. The topological polar surface area (TPSA) is 68.8 Å². The summed E-state index contributed by atoms with van der Waals surface area (Å²) in [4.78, 5) is 18.8. The van der Waals surface area contributed by atoms with Gasteiger partial charge in [0.05, 0.1) is 12.2 Å². The van der Waals surface area contributed by atoms with Gasteiger partial charge in [-0.05, 0) is 63.1 Å². The molecule has 1 aliphatic heterocycles. The molecule has 0 saturated carbocycles. The van der Waals surface area contributed by atoms with E-state index in [1.807, 2.05) is 10.7 Å². The molecule has 0 atom stereocenters. The van der Waals surface area contributed by atoms with Crippen LogP contribution in [0, 0.1) is 5.92 Å². The zero-order valence-electron chi connectivity index (χ0n) is 14.7. The molecule has 3 heterocycles. The molecule has 4 rings (SSSR count). The highest BCUT2D eigenvalue weighted by atomic mass is 16.1. The Hall–Kier alpha value is -2.02. The molecule has 2 aromatic heterocycles. The van der Waals surface area contributed by atoms with Crippen molar-refractivity contribution in [2.24, 2.45) is 5.92 Å². The van der Waals surface area contributed by atoms with Gasteiger partial charge in [-0.25, -0.2) is 9.67 Å². The third-order valence-corrected chi connectivity index (χ3v) is 5.52. The van der Waals surface area contributed by atoms with Crippen LogP contribution >= 0.6 is 0 Å². The number of piperidine rings is 1. The van der Waals surface area contributed by atoms with Crippen LogP contribution in [0.3, 0.4) is 0 Å². The van der Waals surface area contributed by atoms with Crippen LogP contribution in [0.4, 0.5) is 0 Å². The molecular weight excluding hydrogens is 316 g/mol. The van der Waals surface area contributed by atoms with E-state index in [0.717, 1.165) is 64.1 Å². The van der Waals surface area contributed by atoms with Gasteiger partial charge in [0.15, 0.2) is 0 Å². The van der Waals surface area contributed by atoms with E-state index in [4.69, 9.17) is 0 Å². The van der Waals surface area contributed by atoms with Crippen LogP contribution < -0.4 is 5.56 Å². The van der Waals surface area contributed by atoms with Gasteiger partial charge in [-0.15, -0.1) is 0 Å². The second kappa shape index (κ2) is 7.47. The van der Waals surface area contributed by atoms with Crippen LogP contribution in [-0.4, -0.2) is 49.1 Å². The fraction of sp³-hybridized carbons (Fsp3) is 0.667. The smallest absolute Gasteiger partial charge is 0.267 e. The molecule has 134 valence electrons. The van der Waals surface area contributed by atoms with E-state index >= 15 is 0 Å². The zero-order valence-corrected chi connectivity index (χ0v) is 14.7. The predicted octanol–water partition coefficient (Wildman–Crippen LogP) is 1.13. The van der Waals surface area contributed by atoms with Crippen LogP contribution in [-0.2, 0) is 25.9 Å². The summed E-state index contributed by atoms with van der Waals surface area (Å²) < 4.78 is 3.60. The van der Waals surface area contributed by atoms with Crippen LogP contribution in [0.5, 0.6) is 0 Å². The highest BCUT2D eigenvalue weighted by molar-refractivity contribution is 5.20. The fourth-order valence-electron chi connectivity index (χ4n) is 3.96. The minimum atomic E-state index is 0.0780. The second-order valence-corrected chi connectivity index (χ2v) is 7.29. The van der Waals surface area contributed by atoms with Crippen LogP contribution in [0.15, 0.2) is 23.5 Å². The molecule has 1 saturated heterocycles. The minimum Gasteiger partial charge on any atom is -0.301 e. The number of hydrogen-bond donors (Lipinski definition) is 0. The zero-order chi connectivity index (χ0) is 17.1. The molecule has 25 heavy (non-hydrogen) atoms. The standard InChI is InChI=1S/C18H26N6O/c25-18-11-16-3-1-2-4-17(16)21-24(18)12-15-5-7-22(8-6-15)9-10-23-14-19-13-20-23/h11,13-15H,1-10,12H2. The molecular formula is C18H26N6O. The van der Waals surface area contributed by atoms with E-state index in [-0.39, 0.29) is 5.56 Å². The van der Waals surface area contributed by atoms with Gasteiger partial charge in [-0.1, -0.05) is 0 Å². The Morgan fingerprint density at radius 2 is 1.96 bits per heavy atom. The van der Waals surface area contributed by atoms with Gasteiger partial charge in [0.25, 0.3) is 5.56 Å². The van der Waals surface area contributed by atoms with Gasteiger partial charge in [-0.2, -0.15) is 10.2 Å². The molecule has 0 radical (unpaired) electrons. The first kappa shape index (κ1) is 16.4. The Bertz CT molecular complexity index is 745. The van der Waals surface area contributed by atoms with E-state index in [0.29, 0.717) is 5.92 Å². The lowest BCUT2D eigenvalue weighted by Crippen LogP contribution is -2.38. The summed E-state index contributed by atoms with van der Waals surface area (Å²) in [5.74, 6) is 0.550. The van der Waals surface area contributed by atoms with Gasteiger partial charge in [0, 0.05) is 19.2 Å². The number of hydrogen-bond acceptors (Lipinski definition) is 5. The van der Waals surface area contributed by atoms with E-state index < -0.39 is 0 Å². The fourth-order valence-corrected chi connectivity index (χ4v) is 3.96. The third kappa shape index (κ3) is 3.98. The summed E-state index contributed by atoms with van der Waals surface area (Å²) in [6, 6.07) is 1.83. The van der Waals surface area contributed by atoms with Gasteiger partial charge in [0.2, 0.25) is 0 Å². The molecule has 0 bridgehead atoms. The van der Waals surface area contributed by atoms with Gasteiger partial charge < -0.3 is 4.90 Å². The average Bonchev–Trinajstić information content (AvgIpc) is 3.15. The molecule has 0 amide bonds. The Morgan fingerprint density at radius 1 is 1.12 bits per heavy atom. The third-order valence-electron chi connectivity index (χ3n) is 5.52.